The minimum absolute atomic E-state index is 0.103. The van der Waals surface area contributed by atoms with Crippen LogP contribution in [-0.2, 0) is 7.05 Å². The third-order valence-corrected chi connectivity index (χ3v) is 5.14. The Balaban J connectivity index is 2.05. The van der Waals surface area contributed by atoms with E-state index in [1.54, 1.807) is 57.4 Å². The second-order valence-corrected chi connectivity index (χ2v) is 6.95. The summed E-state index contributed by atoms with van der Waals surface area (Å²) in [6.45, 7) is 3.52. The summed E-state index contributed by atoms with van der Waals surface area (Å²) >= 11 is 0. The minimum atomic E-state index is -0.502. The number of aryl methyl sites for hydroxylation is 1. The summed E-state index contributed by atoms with van der Waals surface area (Å²) in [6.07, 6.45) is 0.523. The van der Waals surface area contributed by atoms with E-state index in [1.165, 1.54) is 15.5 Å². The molecule has 0 aliphatic rings. The van der Waals surface area contributed by atoms with Crippen LogP contribution in [0.5, 0.6) is 0 Å². The second-order valence-electron chi connectivity index (χ2n) is 6.95. The first-order valence-electron chi connectivity index (χ1n) is 9.24. The van der Waals surface area contributed by atoms with Gasteiger partial charge >= 0.3 is 0 Å². The number of nitrogens with zero attached hydrogens (tertiary/aromatic N) is 4. The normalized spacial score (nSPS) is 12.0. The van der Waals surface area contributed by atoms with Gasteiger partial charge in [0.25, 0.3) is 17.2 Å². The lowest BCUT2D eigenvalue weighted by molar-refractivity contribution is -0.385. The number of nitro groups is 1. The molecule has 0 aliphatic heterocycles. The van der Waals surface area contributed by atoms with Crippen molar-refractivity contribution in [3.63, 3.8) is 0 Å². The number of nitro benzene ring substituents is 1. The van der Waals surface area contributed by atoms with Gasteiger partial charge in [0, 0.05) is 31.3 Å². The number of fused-ring (bicyclic) bond motifs is 1. The van der Waals surface area contributed by atoms with Gasteiger partial charge < -0.3 is 4.90 Å². The SMILES string of the molecule is CCC(c1nc2ccccc2c(=O)n1C)N(C)C(=O)c1ccc(C)c([N+](=O)[O-])c1. The monoisotopic (exact) mass is 394 g/mol. The number of carbonyl (C=O) groups excluding carboxylic acids is 1. The van der Waals surface area contributed by atoms with Crippen molar-refractivity contribution in [1.29, 1.82) is 0 Å². The summed E-state index contributed by atoms with van der Waals surface area (Å²) in [6, 6.07) is 11.0. The molecule has 1 atom stereocenters. The smallest absolute Gasteiger partial charge is 0.273 e. The zero-order valence-corrected chi connectivity index (χ0v) is 16.7. The Kier molecular flexibility index (Phi) is 5.45. The maximum atomic E-state index is 13.1. The number of hydrogen-bond acceptors (Lipinski definition) is 5. The summed E-state index contributed by atoms with van der Waals surface area (Å²) in [5.74, 6) is 0.0935. The highest BCUT2D eigenvalue weighted by Gasteiger charge is 2.26. The molecule has 1 aromatic heterocycles. The molecule has 1 heterocycles. The second kappa shape index (κ2) is 7.83. The molecule has 3 rings (SSSR count). The fraction of sp³-hybridized carbons (Fsp3) is 0.286. The average molecular weight is 394 g/mol. The number of amides is 1. The van der Waals surface area contributed by atoms with Crippen LogP contribution in [0.3, 0.4) is 0 Å². The van der Waals surface area contributed by atoms with Crippen molar-refractivity contribution in [3.8, 4) is 0 Å². The van der Waals surface area contributed by atoms with Crippen LogP contribution in [0.25, 0.3) is 10.9 Å². The molecule has 0 fully saturated rings. The van der Waals surface area contributed by atoms with Gasteiger partial charge in [-0.25, -0.2) is 4.98 Å². The van der Waals surface area contributed by atoms with Crippen LogP contribution < -0.4 is 5.56 Å². The molecule has 1 amide bonds. The third-order valence-electron chi connectivity index (χ3n) is 5.14. The predicted octanol–water partition coefficient (Wildman–Crippen LogP) is 3.37. The van der Waals surface area contributed by atoms with E-state index >= 15 is 0 Å². The fourth-order valence-corrected chi connectivity index (χ4v) is 3.45. The molecule has 0 radical (unpaired) electrons. The predicted molar refractivity (Wildman–Crippen MR) is 110 cm³/mol. The Morgan fingerprint density at radius 2 is 1.97 bits per heavy atom. The van der Waals surface area contributed by atoms with Crippen LogP contribution in [0.1, 0.15) is 41.1 Å². The van der Waals surface area contributed by atoms with Gasteiger partial charge in [0.05, 0.1) is 21.9 Å². The summed E-state index contributed by atoms with van der Waals surface area (Å²) in [5.41, 5.74) is 0.981. The summed E-state index contributed by atoms with van der Waals surface area (Å²) in [5, 5.41) is 11.7. The molecule has 2 aromatic carbocycles. The van der Waals surface area contributed by atoms with E-state index < -0.39 is 11.0 Å². The highest BCUT2D eigenvalue weighted by Crippen LogP contribution is 2.26. The first-order valence-corrected chi connectivity index (χ1v) is 9.24. The number of hydrogen-bond donors (Lipinski definition) is 0. The summed E-state index contributed by atoms with van der Waals surface area (Å²) < 4.78 is 1.46. The molecule has 0 saturated heterocycles. The van der Waals surface area contributed by atoms with Gasteiger partial charge in [-0.1, -0.05) is 25.1 Å². The van der Waals surface area contributed by atoms with Crippen molar-refractivity contribution >= 4 is 22.5 Å². The zero-order valence-electron chi connectivity index (χ0n) is 16.7. The molecule has 0 aliphatic carbocycles. The van der Waals surface area contributed by atoms with Crippen molar-refractivity contribution in [3.05, 3.63) is 79.9 Å². The molecule has 0 N–H and O–H groups in total. The van der Waals surface area contributed by atoms with Gasteiger partial charge in [-0.15, -0.1) is 0 Å². The molecular weight excluding hydrogens is 372 g/mol. The van der Waals surface area contributed by atoms with E-state index in [0.717, 1.165) is 0 Å². The number of carbonyl (C=O) groups is 1. The fourth-order valence-electron chi connectivity index (χ4n) is 3.45. The van der Waals surface area contributed by atoms with Crippen LogP contribution in [0, 0.1) is 17.0 Å². The quantitative estimate of drug-likeness (QED) is 0.488. The first kappa shape index (κ1) is 20.2. The molecule has 3 aromatic rings. The van der Waals surface area contributed by atoms with Crippen molar-refractivity contribution in [2.75, 3.05) is 7.05 Å². The van der Waals surface area contributed by atoms with E-state index in [-0.39, 0.29) is 22.7 Å². The molecule has 0 spiro atoms. The third kappa shape index (κ3) is 3.61. The first-order chi connectivity index (χ1) is 13.8. The Morgan fingerprint density at radius 3 is 2.62 bits per heavy atom. The summed E-state index contributed by atoms with van der Waals surface area (Å²) in [7, 11) is 3.25. The standard InChI is InChI=1S/C21H22N4O4/c1-5-17(19-22-16-9-7-6-8-15(16)21(27)24(19)4)23(3)20(26)14-11-10-13(2)18(12-14)25(28)29/h6-12,17H,5H2,1-4H3. The molecule has 0 bridgehead atoms. The van der Waals surface area contributed by atoms with Crippen LogP contribution in [-0.4, -0.2) is 32.3 Å². The Bertz CT molecular complexity index is 1170. The molecule has 29 heavy (non-hydrogen) atoms. The van der Waals surface area contributed by atoms with Crippen molar-refractivity contribution < 1.29 is 9.72 Å². The number of aromatic nitrogens is 2. The topological polar surface area (TPSA) is 98.3 Å². The van der Waals surface area contributed by atoms with Gasteiger partial charge in [-0.05, 0) is 31.5 Å². The van der Waals surface area contributed by atoms with Gasteiger partial charge in [0.2, 0.25) is 0 Å². The lowest BCUT2D eigenvalue weighted by atomic mass is 10.1. The van der Waals surface area contributed by atoms with E-state index in [2.05, 4.69) is 4.98 Å². The summed E-state index contributed by atoms with van der Waals surface area (Å²) in [4.78, 5) is 42.6. The molecule has 1 unspecified atom stereocenters. The van der Waals surface area contributed by atoms with E-state index in [9.17, 15) is 19.7 Å². The number of para-hydroxylation sites is 1. The molecule has 0 saturated carbocycles. The minimum Gasteiger partial charge on any atom is -0.332 e. The maximum absolute atomic E-state index is 13.1. The zero-order chi connectivity index (χ0) is 21.3. The van der Waals surface area contributed by atoms with Gasteiger partial charge in [-0.3, -0.25) is 24.3 Å². The lowest BCUT2D eigenvalue weighted by Gasteiger charge is -2.28. The van der Waals surface area contributed by atoms with Crippen LogP contribution in [0.2, 0.25) is 0 Å². The van der Waals surface area contributed by atoms with Crippen molar-refractivity contribution in [2.45, 2.75) is 26.3 Å². The average Bonchev–Trinajstić information content (AvgIpc) is 2.71. The number of rotatable bonds is 5. The highest BCUT2D eigenvalue weighted by atomic mass is 16.6. The lowest BCUT2D eigenvalue weighted by Crippen LogP contribution is -2.35. The maximum Gasteiger partial charge on any atom is 0.273 e. The molecular formula is C21H22N4O4. The van der Waals surface area contributed by atoms with E-state index in [1.807, 2.05) is 6.92 Å². The van der Waals surface area contributed by atoms with Crippen molar-refractivity contribution in [2.24, 2.45) is 7.05 Å². The molecule has 150 valence electrons. The Morgan fingerprint density at radius 1 is 1.28 bits per heavy atom. The van der Waals surface area contributed by atoms with Crippen LogP contribution in [0.4, 0.5) is 5.69 Å². The van der Waals surface area contributed by atoms with Gasteiger partial charge in [-0.2, -0.15) is 0 Å². The van der Waals surface area contributed by atoms with Gasteiger partial charge in [0.15, 0.2) is 0 Å². The van der Waals surface area contributed by atoms with E-state index in [4.69, 9.17) is 0 Å². The van der Waals surface area contributed by atoms with Crippen molar-refractivity contribution in [1.82, 2.24) is 14.5 Å². The van der Waals surface area contributed by atoms with Crippen LogP contribution in [0.15, 0.2) is 47.3 Å². The Labute approximate surface area is 167 Å². The molecule has 8 nitrogen and oxygen atoms in total. The largest absolute Gasteiger partial charge is 0.332 e. The highest BCUT2D eigenvalue weighted by molar-refractivity contribution is 5.95. The van der Waals surface area contributed by atoms with Crippen LogP contribution >= 0.6 is 0 Å². The van der Waals surface area contributed by atoms with Gasteiger partial charge in [0.1, 0.15) is 5.82 Å². The Hall–Kier alpha value is -3.55. The number of benzene rings is 2. The van der Waals surface area contributed by atoms with E-state index in [0.29, 0.717) is 28.7 Å². The molecule has 8 heteroatoms.